The van der Waals surface area contributed by atoms with Gasteiger partial charge in [-0.1, -0.05) is 23.7 Å². The van der Waals surface area contributed by atoms with Crippen molar-refractivity contribution in [3.8, 4) is 0 Å². The summed E-state index contributed by atoms with van der Waals surface area (Å²) >= 11 is 6.11. The summed E-state index contributed by atoms with van der Waals surface area (Å²) in [5.74, 6) is 0.580. The zero-order valence-electron chi connectivity index (χ0n) is 12.9. The molecule has 1 aromatic heterocycles. The number of thiol groups is 1. The van der Waals surface area contributed by atoms with Crippen molar-refractivity contribution in [3.05, 3.63) is 70.1 Å². The van der Waals surface area contributed by atoms with E-state index in [2.05, 4.69) is 22.1 Å². The zero-order chi connectivity index (χ0) is 16.7. The molecule has 0 spiro atoms. The molecule has 24 heavy (non-hydrogen) atoms. The number of rotatable bonds is 3. The van der Waals surface area contributed by atoms with Gasteiger partial charge in [0.1, 0.15) is 10.9 Å². The lowest BCUT2D eigenvalue weighted by atomic mass is 10.1. The smallest absolute Gasteiger partial charge is 0.128 e. The van der Waals surface area contributed by atoms with Crippen LogP contribution in [0.3, 0.4) is 0 Å². The average molecular weight is 360 g/mol. The second-order valence-corrected chi connectivity index (χ2v) is 8.07. The van der Waals surface area contributed by atoms with Crippen LogP contribution in [0.15, 0.2) is 52.7 Å². The molecule has 0 aliphatic carbocycles. The van der Waals surface area contributed by atoms with Gasteiger partial charge in [-0.25, -0.2) is 4.39 Å². The van der Waals surface area contributed by atoms with E-state index in [1.54, 1.807) is 0 Å². The number of hydrogen-bond acceptors (Lipinski definition) is 2. The highest BCUT2D eigenvalue weighted by Gasteiger charge is 2.22. The van der Waals surface area contributed by atoms with Crippen LogP contribution >= 0.6 is 22.5 Å². The highest BCUT2D eigenvalue weighted by Crippen LogP contribution is 2.38. The minimum atomic E-state index is -0.660. The number of hydrogen-bond donors (Lipinski definition) is 2. The Bertz CT molecular complexity index is 976. The van der Waals surface area contributed by atoms with Crippen molar-refractivity contribution < 1.29 is 4.39 Å². The predicted molar refractivity (Wildman–Crippen MR) is 102 cm³/mol. The maximum atomic E-state index is 13.1. The van der Waals surface area contributed by atoms with Crippen LogP contribution in [0, 0.1) is 12.7 Å². The zero-order valence-corrected chi connectivity index (χ0v) is 14.6. The van der Waals surface area contributed by atoms with E-state index in [1.807, 2.05) is 35.9 Å². The van der Waals surface area contributed by atoms with Crippen molar-refractivity contribution in [2.45, 2.75) is 12.7 Å². The predicted octanol–water partition coefficient (Wildman–Crippen LogP) is 5.17. The van der Waals surface area contributed by atoms with E-state index in [1.165, 1.54) is 12.1 Å². The van der Waals surface area contributed by atoms with Gasteiger partial charge in [0.05, 0.1) is 11.2 Å². The molecule has 4 rings (SSSR count). The van der Waals surface area contributed by atoms with Gasteiger partial charge < -0.3 is 4.98 Å². The molecule has 1 aliphatic rings. The van der Waals surface area contributed by atoms with Gasteiger partial charge in [0.2, 0.25) is 0 Å². The first-order valence-electron chi connectivity index (χ1n) is 7.52. The summed E-state index contributed by atoms with van der Waals surface area (Å²) in [7, 11) is -0.660. The molecular weight excluding hydrogens is 345 g/mol. The second kappa shape index (κ2) is 6.07. The van der Waals surface area contributed by atoms with E-state index < -0.39 is 10.9 Å². The molecule has 0 bridgehead atoms. The van der Waals surface area contributed by atoms with Crippen LogP contribution in [0.1, 0.15) is 16.8 Å². The summed E-state index contributed by atoms with van der Waals surface area (Å²) in [6.45, 7) is 2.07. The molecule has 2 aromatic carbocycles. The quantitative estimate of drug-likeness (QED) is 0.605. The minimum Gasteiger partial charge on any atom is -0.353 e. The third-order valence-corrected chi connectivity index (χ3v) is 6.31. The van der Waals surface area contributed by atoms with Crippen LogP contribution in [-0.4, -0.2) is 15.6 Å². The first kappa shape index (κ1) is 15.4. The normalized spacial score (nSPS) is 18.3. The Balaban J connectivity index is 1.68. The van der Waals surface area contributed by atoms with Crippen LogP contribution in [0.4, 0.5) is 4.39 Å². The van der Waals surface area contributed by atoms with Crippen molar-refractivity contribution in [2.75, 3.05) is 0 Å². The average Bonchev–Trinajstić information content (AvgIpc) is 3.15. The number of aryl methyl sites for hydroxylation is 1. The van der Waals surface area contributed by atoms with E-state index in [-0.39, 0.29) is 5.82 Å². The highest BCUT2D eigenvalue weighted by molar-refractivity contribution is 8.40. The van der Waals surface area contributed by atoms with Gasteiger partial charge in [-0.15, -0.1) is 5.10 Å². The van der Waals surface area contributed by atoms with Crippen LogP contribution in [0.25, 0.3) is 10.9 Å². The van der Waals surface area contributed by atoms with E-state index in [9.17, 15) is 4.39 Å². The van der Waals surface area contributed by atoms with Crippen LogP contribution in [0.2, 0.25) is 5.02 Å². The molecule has 0 radical (unpaired) electrons. The molecule has 6 heteroatoms. The number of fused-ring (bicyclic) bond motifs is 1. The van der Waals surface area contributed by atoms with E-state index in [0.717, 1.165) is 38.5 Å². The van der Waals surface area contributed by atoms with Gasteiger partial charge >= 0.3 is 0 Å². The van der Waals surface area contributed by atoms with Gasteiger partial charge in [-0.2, -0.15) is 16.0 Å². The van der Waals surface area contributed by atoms with Crippen LogP contribution in [-0.2, 0) is 5.75 Å². The van der Waals surface area contributed by atoms with Gasteiger partial charge in [0.15, 0.2) is 0 Å². The SMILES string of the molecule is Cc1c(C2=NN=C[SH]2Cc2ccc(F)cc2)[nH]c2ccc(Cl)cc12. The van der Waals surface area contributed by atoms with E-state index >= 15 is 0 Å². The fraction of sp³-hybridized carbons (Fsp3) is 0.111. The first-order chi connectivity index (χ1) is 11.6. The number of halogens is 2. The number of benzene rings is 2. The van der Waals surface area contributed by atoms with Gasteiger partial charge in [0.25, 0.3) is 0 Å². The lowest BCUT2D eigenvalue weighted by molar-refractivity contribution is 0.627. The van der Waals surface area contributed by atoms with Crippen molar-refractivity contribution in [3.63, 3.8) is 0 Å². The van der Waals surface area contributed by atoms with E-state index in [0.29, 0.717) is 5.02 Å². The monoisotopic (exact) mass is 359 g/mol. The summed E-state index contributed by atoms with van der Waals surface area (Å²) in [4.78, 5) is 3.44. The van der Waals surface area contributed by atoms with Gasteiger partial charge in [-0.05, 0) is 48.4 Å². The van der Waals surface area contributed by atoms with Crippen molar-refractivity contribution >= 4 is 44.0 Å². The molecular formula is C18H15ClFN3S. The Labute approximate surface area is 146 Å². The summed E-state index contributed by atoms with van der Waals surface area (Å²) in [5.41, 5.74) is 6.17. The number of aromatic amines is 1. The number of aromatic nitrogens is 1. The largest absolute Gasteiger partial charge is 0.353 e. The molecule has 0 fully saturated rings. The second-order valence-electron chi connectivity index (χ2n) is 5.72. The van der Waals surface area contributed by atoms with Crippen LogP contribution < -0.4 is 0 Å². The fourth-order valence-corrected chi connectivity index (χ4v) is 4.84. The third-order valence-electron chi connectivity index (χ3n) is 4.13. The van der Waals surface area contributed by atoms with Gasteiger partial charge in [0, 0.05) is 21.7 Å². The lowest BCUT2D eigenvalue weighted by Gasteiger charge is -2.14. The summed E-state index contributed by atoms with van der Waals surface area (Å²) in [5, 5.41) is 11.3. The molecule has 0 saturated carbocycles. The summed E-state index contributed by atoms with van der Waals surface area (Å²) < 4.78 is 13.1. The fourth-order valence-electron chi connectivity index (χ4n) is 2.87. The third kappa shape index (κ3) is 2.74. The number of nitrogens with one attached hydrogen (secondary N) is 1. The molecule has 1 aliphatic heterocycles. The maximum Gasteiger partial charge on any atom is 0.128 e. The Morgan fingerprint density at radius 2 is 1.96 bits per heavy atom. The lowest BCUT2D eigenvalue weighted by Crippen LogP contribution is -2.04. The maximum absolute atomic E-state index is 13.1. The Hall–Kier alpha value is -2.11. The number of nitrogens with zero attached hydrogens (tertiary/aromatic N) is 2. The molecule has 3 aromatic rings. The highest BCUT2D eigenvalue weighted by atomic mass is 35.5. The molecule has 1 N–H and O–H groups in total. The van der Waals surface area contributed by atoms with Crippen molar-refractivity contribution in [1.82, 2.24) is 4.98 Å². The molecule has 2 heterocycles. The summed E-state index contributed by atoms with van der Waals surface area (Å²) in [6, 6.07) is 12.4. The van der Waals surface area contributed by atoms with Crippen LogP contribution in [0.5, 0.6) is 0 Å². The molecule has 1 atom stereocenters. The number of H-pyrrole nitrogens is 1. The Morgan fingerprint density at radius 3 is 2.75 bits per heavy atom. The molecule has 122 valence electrons. The van der Waals surface area contributed by atoms with Gasteiger partial charge in [-0.3, -0.25) is 0 Å². The Morgan fingerprint density at radius 1 is 1.17 bits per heavy atom. The first-order valence-corrected chi connectivity index (χ1v) is 9.49. The topological polar surface area (TPSA) is 40.5 Å². The molecule has 0 amide bonds. The van der Waals surface area contributed by atoms with Crippen molar-refractivity contribution in [1.29, 1.82) is 0 Å². The van der Waals surface area contributed by atoms with Crippen molar-refractivity contribution in [2.24, 2.45) is 10.2 Å². The summed E-state index contributed by atoms with van der Waals surface area (Å²) in [6.07, 6.45) is 0. The minimum absolute atomic E-state index is 0.219. The molecule has 0 saturated heterocycles. The Kier molecular flexibility index (Phi) is 3.90. The molecule has 3 nitrogen and oxygen atoms in total. The molecule has 1 unspecified atom stereocenters. The van der Waals surface area contributed by atoms with E-state index in [4.69, 9.17) is 11.6 Å². The standard InChI is InChI=1S/C18H15ClFN3S/c1-11-15-8-13(19)4-7-16(15)22-17(11)18-23-21-10-24(18)9-12-2-5-14(20)6-3-12/h2-8,10,22,24H,9H2,1H3.